The zero-order valence-electron chi connectivity index (χ0n) is 10.1. The smallest absolute Gasteiger partial charge is 0.0760 e. The van der Waals surface area contributed by atoms with Crippen LogP contribution < -0.4 is 5.73 Å². The van der Waals surface area contributed by atoms with Gasteiger partial charge in [-0.05, 0) is 49.3 Å². The Morgan fingerprint density at radius 2 is 1.94 bits per heavy atom. The molecule has 3 N–H and O–H groups in total. The summed E-state index contributed by atoms with van der Waals surface area (Å²) < 4.78 is 0. The molecule has 2 heteroatoms. The minimum absolute atomic E-state index is 0.232. The summed E-state index contributed by atoms with van der Waals surface area (Å²) in [6.45, 7) is 4.17. The average Bonchev–Trinajstić information content (AvgIpc) is 2.18. The Balaban J connectivity index is 2.12. The first kappa shape index (κ1) is 11.6. The lowest BCUT2D eigenvalue weighted by Gasteiger charge is -2.34. The van der Waals surface area contributed by atoms with Gasteiger partial charge in [0.15, 0.2) is 0 Å². The molecule has 1 aromatic carbocycles. The zero-order chi connectivity index (χ0) is 11.7. The Morgan fingerprint density at radius 3 is 2.44 bits per heavy atom. The quantitative estimate of drug-likeness (QED) is 0.820. The molecule has 16 heavy (non-hydrogen) atoms. The highest BCUT2D eigenvalue weighted by molar-refractivity contribution is 5.32. The topological polar surface area (TPSA) is 46.2 Å². The molecule has 0 aliphatic heterocycles. The number of nitrogens with two attached hydrogens (primary N) is 1. The second-order valence-corrected chi connectivity index (χ2v) is 5.05. The van der Waals surface area contributed by atoms with Crippen molar-refractivity contribution in [1.82, 2.24) is 0 Å². The molecule has 2 atom stereocenters. The third kappa shape index (κ3) is 2.13. The van der Waals surface area contributed by atoms with Crippen molar-refractivity contribution >= 4 is 0 Å². The molecule has 1 aromatic rings. The lowest BCUT2D eigenvalue weighted by Crippen LogP contribution is -2.36. The van der Waals surface area contributed by atoms with E-state index < -0.39 is 0 Å². The van der Waals surface area contributed by atoms with Gasteiger partial charge >= 0.3 is 0 Å². The molecule has 2 rings (SSSR count). The van der Waals surface area contributed by atoms with E-state index in [9.17, 15) is 5.11 Å². The molecule has 0 unspecified atom stereocenters. The summed E-state index contributed by atoms with van der Waals surface area (Å²) in [5.74, 6) is 0.414. The maximum Gasteiger partial charge on any atom is 0.0760 e. The van der Waals surface area contributed by atoms with Crippen LogP contribution >= 0.6 is 0 Å². The van der Waals surface area contributed by atoms with E-state index in [-0.39, 0.29) is 12.1 Å². The first-order valence-electron chi connectivity index (χ1n) is 6.10. The van der Waals surface area contributed by atoms with Crippen molar-refractivity contribution in [3.8, 4) is 0 Å². The fourth-order valence-electron chi connectivity index (χ4n) is 2.24. The van der Waals surface area contributed by atoms with E-state index in [1.807, 2.05) is 6.07 Å². The molecule has 0 aromatic heterocycles. The Morgan fingerprint density at radius 1 is 1.25 bits per heavy atom. The summed E-state index contributed by atoms with van der Waals surface area (Å²) in [6.07, 6.45) is 3.11. The van der Waals surface area contributed by atoms with E-state index >= 15 is 0 Å². The predicted molar refractivity (Wildman–Crippen MR) is 66.2 cm³/mol. The molecule has 1 saturated carbocycles. The maximum atomic E-state index is 10.1. The molecule has 0 bridgehead atoms. The van der Waals surface area contributed by atoms with Crippen LogP contribution in [-0.4, -0.2) is 11.2 Å². The van der Waals surface area contributed by atoms with Crippen molar-refractivity contribution < 1.29 is 5.11 Å². The van der Waals surface area contributed by atoms with Crippen molar-refractivity contribution in [2.24, 2.45) is 11.7 Å². The Labute approximate surface area is 97.5 Å². The van der Waals surface area contributed by atoms with Crippen LogP contribution in [0.2, 0.25) is 0 Å². The first-order valence-corrected chi connectivity index (χ1v) is 6.10. The summed E-state index contributed by atoms with van der Waals surface area (Å²) in [5, 5.41) is 10.1. The number of hydrogen-bond donors (Lipinski definition) is 2. The Kier molecular flexibility index (Phi) is 3.31. The molecule has 1 fully saturated rings. The van der Waals surface area contributed by atoms with E-state index in [2.05, 4.69) is 26.0 Å². The van der Waals surface area contributed by atoms with Gasteiger partial charge in [-0.25, -0.2) is 0 Å². The highest BCUT2D eigenvalue weighted by atomic mass is 16.3. The van der Waals surface area contributed by atoms with Gasteiger partial charge in [-0.2, -0.15) is 0 Å². The van der Waals surface area contributed by atoms with Gasteiger partial charge in [-0.1, -0.05) is 24.6 Å². The number of benzene rings is 1. The van der Waals surface area contributed by atoms with Crippen molar-refractivity contribution in [3.05, 3.63) is 34.9 Å². The van der Waals surface area contributed by atoms with Crippen LogP contribution in [0.5, 0.6) is 0 Å². The SMILES string of the molecule is Cc1ccc([C@@H](N)[C@@H](O)C2CCC2)cc1C. The van der Waals surface area contributed by atoms with Crippen LogP contribution in [0.3, 0.4) is 0 Å². The van der Waals surface area contributed by atoms with Gasteiger partial charge in [0, 0.05) is 0 Å². The average molecular weight is 219 g/mol. The summed E-state index contributed by atoms with van der Waals surface area (Å²) >= 11 is 0. The minimum atomic E-state index is -0.379. The molecule has 1 aliphatic carbocycles. The molecule has 0 heterocycles. The predicted octanol–water partition coefficient (Wildman–Crippen LogP) is 2.46. The normalized spacial score (nSPS) is 20.2. The van der Waals surface area contributed by atoms with Crippen molar-refractivity contribution in [2.75, 3.05) is 0 Å². The van der Waals surface area contributed by atoms with Gasteiger partial charge in [0.1, 0.15) is 0 Å². The third-order valence-corrected chi connectivity index (χ3v) is 3.92. The van der Waals surface area contributed by atoms with Crippen LogP contribution in [0.25, 0.3) is 0 Å². The minimum Gasteiger partial charge on any atom is -0.391 e. The second-order valence-electron chi connectivity index (χ2n) is 5.05. The molecular weight excluding hydrogens is 198 g/mol. The van der Waals surface area contributed by atoms with Crippen LogP contribution in [0, 0.1) is 19.8 Å². The number of aryl methyl sites for hydroxylation is 2. The van der Waals surface area contributed by atoms with Gasteiger partial charge < -0.3 is 10.8 Å². The van der Waals surface area contributed by atoms with Crippen molar-refractivity contribution in [3.63, 3.8) is 0 Å². The zero-order valence-corrected chi connectivity index (χ0v) is 10.1. The number of aliphatic hydroxyl groups is 1. The lowest BCUT2D eigenvalue weighted by atomic mass is 9.77. The fraction of sp³-hybridized carbons (Fsp3) is 0.571. The van der Waals surface area contributed by atoms with E-state index in [0.717, 1.165) is 18.4 Å². The van der Waals surface area contributed by atoms with Gasteiger partial charge in [0.2, 0.25) is 0 Å². The Hall–Kier alpha value is -0.860. The van der Waals surface area contributed by atoms with Gasteiger partial charge in [-0.3, -0.25) is 0 Å². The van der Waals surface area contributed by atoms with E-state index in [1.54, 1.807) is 0 Å². The molecule has 2 nitrogen and oxygen atoms in total. The molecule has 0 radical (unpaired) electrons. The monoisotopic (exact) mass is 219 g/mol. The summed E-state index contributed by atoms with van der Waals surface area (Å²) in [5.41, 5.74) is 9.69. The largest absolute Gasteiger partial charge is 0.391 e. The third-order valence-electron chi connectivity index (χ3n) is 3.92. The lowest BCUT2D eigenvalue weighted by molar-refractivity contribution is 0.0413. The van der Waals surface area contributed by atoms with Gasteiger partial charge in [-0.15, -0.1) is 0 Å². The first-order chi connectivity index (χ1) is 7.59. The van der Waals surface area contributed by atoms with Crippen LogP contribution in [0.15, 0.2) is 18.2 Å². The number of rotatable bonds is 3. The Bertz CT molecular complexity index is 371. The van der Waals surface area contributed by atoms with E-state index in [1.165, 1.54) is 17.5 Å². The fourth-order valence-corrected chi connectivity index (χ4v) is 2.24. The molecule has 88 valence electrons. The summed E-state index contributed by atoms with van der Waals surface area (Å²) in [6, 6.07) is 5.99. The van der Waals surface area contributed by atoms with E-state index in [0.29, 0.717) is 5.92 Å². The highest BCUT2D eigenvalue weighted by Crippen LogP contribution is 2.34. The summed E-state index contributed by atoms with van der Waals surface area (Å²) in [4.78, 5) is 0. The van der Waals surface area contributed by atoms with Crippen LogP contribution in [-0.2, 0) is 0 Å². The standard InChI is InChI=1S/C14H21NO/c1-9-6-7-12(8-10(9)2)13(15)14(16)11-4-3-5-11/h6-8,11,13-14,16H,3-5,15H2,1-2H3/t13-,14+/m1/s1. The highest BCUT2D eigenvalue weighted by Gasteiger charge is 2.30. The molecule has 0 amide bonds. The van der Waals surface area contributed by atoms with Gasteiger partial charge in [0.25, 0.3) is 0 Å². The molecular formula is C14H21NO. The van der Waals surface area contributed by atoms with Gasteiger partial charge in [0.05, 0.1) is 12.1 Å². The van der Waals surface area contributed by atoms with Crippen LogP contribution in [0.1, 0.15) is 42.0 Å². The second kappa shape index (κ2) is 4.56. The maximum absolute atomic E-state index is 10.1. The van der Waals surface area contributed by atoms with Crippen molar-refractivity contribution in [1.29, 1.82) is 0 Å². The van der Waals surface area contributed by atoms with Crippen molar-refractivity contribution in [2.45, 2.75) is 45.3 Å². The van der Waals surface area contributed by atoms with Crippen LogP contribution in [0.4, 0.5) is 0 Å². The molecule has 1 aliphatic rings. The summed E-state index contributed by atoms with van der Waals surface area (Å²) in [7, 11) is 0. The van der Waals surface area contributed by atoms with E-state index in [4.69, 9.17) is 5.73 Å². The molecule has 0 spiro atoms. The molecule has 0 saturated heterocycles. The number of hydrogen-bond acceptors (Lipinski definition) is 2. The number of aliphatic hydroxyl groups excluding tert-OH is 1.